The minimum Gasteiger partial charge on any atom is -0.495 e. The highest BCUT2D eigenvalue weighted by Gasteiger charge is 2.15. The van der Waals surface area contributed by atoms with Crippen LogP contribution in [0.3, 0.4) is 0 Å². The fraction of sp³-hybridized carbons (Fsp3) is 0.111. The lowest BCUT2D eigenvalue weighted by Crippen LogP contribution is -2.15. The van der Waals surface area contributed by atoms with Crippen LogP contribution in [0.1, 0.15) is 5.56 Å². The number of anilines is 2. The van der Waals surface area contributed by atoms with Crippen molar-refractivity contribution in [3.05, 3.63) is 67.8 Å². The monoisotopic (exact) mass is 420 g/mol. The lowest BCUT2D eigenvalue weighted by molar-refractivity contribution is -0.384. The molecule has 2 aromatic rings. The van der Waals surface area contributed by atoms with Crippen molar-refractivity contribution < 1.29 is 14.5 Å². The largest absolute Gasteiger partial charge is 0.495 e. The zero-order chi connectivity index (χ0) is 20.8. The topological polar surface area (TPSA) is 117 Å². The van der Waals surface area contributed by atoms with Crippen LogP contribution in [0.25, 0.3) is 0 Å². The summed E-state index contributed by atoms with van der Waals surface area (Å²) in [5.41, 5.74) is 0.754. The molecular formula is C18H14Cl2N4O4. The highest BCUT2D eigenvalue weighted by molar-refractivity contribution is 6.34. The number of hydrogen-bond donors (Lipinski definition) is 2. The van der Waals surface area contributed by atoms with Crippen LogP contribution >= 0.6 is 23.2 Å². The first kappa shape index (κ1) is 21.0. The molecule has 0 aliphatic heterocycles. The molecule has 0 heterocycles. The van der Waals surface area contributed by atoms with Gasteiger partial charge in [0.25, 0.3) is 11.6 Å². The Morgan fingerprint density at radius 3 is 2.57 bits per heavy atom. The summed E-state index contributed by atoms with van der Waals surface area (Å²) in [4.78, 5) is 22.6. The summed E-state index contributed by atoms with van der Waals surface area (Å²) in [6, 6.07) is 8.64. The number of nitro groups is 1. The van der Waals surface area contributed by atoms with Gasteiger partial charge in [0.05, 0.1) is 28.4 Å². The van der Waals surface area contributed by atoms with E-state index >= 15 is 0 Å². The van der Waals surface area contributed by atoms with Crippen LogP contribution in [-0.4, -0.2) is 17.9 Å². The van der Waals surface area contributed by atoms with E-state index in [9.17, 15) is 20.2 Å². The van der Waals surface area contributed by atoms with Crippen LogP contribution in [0, 0.1) is 28.4 Å². The molecule has 0 aliphatic carbocycles. The van der Waals surface area contributed by atoms with Crippen LogP contribution < -0.4 is 15.4 Å². The molecule has 8 nitrogen and oxygen atoms in total. The number of nitrogens with zero attached hydrogens (tertiary/aromatic N) is 2. The number of methoxy groups -OCH3 is 1. The van der Waals surface area contributed by atoms with E-state index in [1.165, 1.54) is 25.4 Å². The van der Waals surface area contributed by atoms with E-state index in [0.29, 0.717) is 16.5 Å². The number of halogens is 2. The van der Waals surface area contributed by atoms with E-state index in [4.69, 9.17) is 27.9 Å². The summed E-state index contributed by atoms with van der Waals surface area (Å²) in [6.45, 7) is 1.79. The second-order valence-corrected chi connectivity index (χ2v) is 6.31. The Morgan fingerprint density at radius 2 is 1.96 bits per heavy atom. The first-order chi connectivity index (χ1) is 13.3. The van der Waals surface area contributed by atoms with Crippen LogP contribution in [0.2, 0.25) is 10.0 Å². The quantitative estimate of drug-likeness (QED) is 0.303. The summed E-state index contributed by atoms with van der Waals surface area (Å²) in [6.07, 6.45) is 1.19. The Bertz CT molecular complexity index is 1020. The molecule has 2 N–H and O–H groups in total. The van der Waals surface area contributed by atoms with Gasteiger partial charge in [-0.25, -0.2) is 0 Å². The highest BCUT2D eigenvalue weighted by Crippen LogP contribution is 2.31. The number of amides is 1. The minimum absolute atomic E-state index is 0.0157. The molecule has 0 saturated carbocycles. The number of aryl methyl sites for hydroxylation is 1. The summed E-state index contributed by atoms with van der Waals surface area (Å²) in [7, 11) is 1.46. The van der Waals surface area contributed by atoms with Gasteiger partial charge in [0.15, 0.2) is 0 Å². The number of carbonyl (C=O) groups excluding carboxylic acids is 1. The molecule has 0 radical (unpaired) electrons. The standard InChI is InChI=1S/C18H14Cl2N4O4/c1-10-5-16(17(28-2)7-14(10)20)22-9-11(8-21)18(25)23-15-6-12(24(26)27)3-4-13(15)19/h3-7,9,22H,1-2H3,(H,23,25)/b11-9-. The van der Waals surface area contributed by atoms with Gasteiger partial charge in [-0.05, 0) is 24.6 Å². The number of nitro benzene ring substituents is 1. The molecule has 0 atom stereocenters. The lowest BCUT2D eigenvalue weighted by Gasteiger charge is -2.11. The van der Waals surface area contributed by atoms with Crippen molar-refractivity contribution in [2.24, 2.45) is 0 Å². The molecule has 144 valence electrons. The molecule has 0 fully saturated rings. The number of hydrogen-bond acceptors (Lipinski definition) is 6. The highest BCUT2D eigenvalue weighted by atomic mass is 35.5. The van der Waals surface area contributed by atoms with E-state index in [1.54, 1.807) is 25.1 Å². The third-order valence-electron chi connectivity index (χ3n) is 3.63. The van der Waals surface area contributed by atoms with Gasteiger partial charge in [0.2, 0.25) is 0 Å². The molecular weight excluding hydrogens is 407 g/mol. The number of nitrogens with one attached hydrogen (secondary N) is 2. The predicted octanol–water partition coefficient (Wildman–Crippen LogP) is 4.68. The average molecular weight is 421 g/mol. The first-order valence-electron chi connectivity index (χ1n) is 7.73. The average Bonchev–Trinajstić information content (AvgIpc) is 2.66. The zero-order valence-corrected chi connectivity index (χ0v) is 16.3. The predicted molar refractivity (Wildman–Crippen MR) is 107 cm³/mol. The Labute approximate surface area is 170 Å². The van der Waals surface area contributed by atoms with Gasteiger partial charge in [-0.3, -0.25) is 14.9 Å². The zero-order valence-electron chi connectivity index (χ0n) is 14.7. The molecule has 0 saturated heterocycles. The maximum atomic E-state index is 12.4. The number of non-ortho nitro benzene ring substituents is 1. The molecule has 0 bridgehead atoms. The van der Waals surface area contributed by atoms with Gasteiger partial charge in [-0.2, -0.15) is 5.26 Å². The Balaban J connectivity index is 2.25. The number of carbonyl (C=O) groups is 1. The number of nitriles is 1. The molecule has 2 rings (SSSR count). The Morgan fingerprint density at radius 1 is 1.25 bits per heavy atom. The van der Waals surface area contributed by atoms with E-state index in [-0.39, 0.29) is 22.0 Å². The summed E-state index contributed by atoms with van der Waals surface area (Å²) in [5, 5.41) is 26.0. The van der Waals surface area contributed by atoms with Gasteiger partial charge in [0, 0.05) is 29.4 Å². The van der Waals surface area contributed by atoms with Crippen molar-refractivity contribution >= 4 is 46.2 Å². The van der Waals surface area contributed by atoms with Crippen molar-refractivity contribution in [1.29, 1.82) is 5.26 Å². The smallest absolute Gasteiger partial charge is 0.271 e. The normalized spacial score (nSPS) is 10.8. The molecule has 2 aromatic carbocycles. The molecule has 1 amide bonds. The van der Waals surface area contributed by atoms with Crippen molar-refractivity contribution in [1.82, 2.24) is 0 Å². The maximum Gasteiger partial charge on any atom is 0.271 e. The van der Waals surface area contributed by atoms with Crippen LogP contribution in [0.5, 0.6) is 5.75 Å². The number of ether oxygens (including phenoxy) is 1. The molecule has 10 heteroatoms. The summed E-state index contributed by atoms with van der Waals surface area (Å²) >= 11 is 12.0. The fourth-order valence-electron chi connectivity index (χ4n) is 2.16. The second kappa shape index (κ2) is 9.08. The van der Waals surface area contributed by atoms with E-state index in [2.05, 4.69) is 10.6 Å². The first-order valence-corrected chi connectivity index (χ1v) is 8.48. The fourth-order valence-corrected chi connectivity index (χ4v) is 2.47. The molecule has 0 aromatic heterocycles. The van der Waals surface area contributed by atoms with Crippen molar-refractivity contribution in [2.75, 3.05) is 17.7 Å². The second-order valence-electron chi connectivity index (χ2n) is 5.49. The van der Waals surface area contributed by atoms with Crippen molar-refractivity contribution in [3.63, 3.8) is 0 Å². The van der Waals surface area contributed by atoms with Gasteiger partial charge in [0.1, 0.15) is 17.4 Å². The van der Waals surface area contributed by atoms with Crippen molar-refractivity contribution in [2.45, 2.75) is 6.92 Å². The third kappa shape index (κ3) is 4.91. The molecule has 0 aliphatic rings. The van der Waals surface area contributed by atoms with E-state index < -0.39 is 10.8 Å². The van der Waals surface area contributed by atoms with Gasteiger partial charge < -0.3 is 15.4 Å². The number of benzene rings is 2. The van der Waals surface area contributed by atoms with Gasteiger partial charge in [-0.1, -0.05) is 23.2 Å². The SMILES string of the molecule is COc1cc(Cl)c(C)cc1N/C=C(/C#N)C(=O)Nc1cc([N+](=O)[O-])ccc1Cl. The van der Waals surface area contributed by atoms with Crippen LogP contribution in [0.15, 0.2) is 42.1 Å². The van der Waals surface area contributed by atoms with Crippen LogP contribution in [-0.2, 0) is 4.79 Å². The van der Waals surface area contributed by atoms with Crippen molar-refractivity contribution in [3.8, 4) is 11.8 Å². The van der Waals surface area contributed by atoms with Gasteiger partial charge >= 0.3 is 0 Å². The summed E-state index contributed by atoms with van der Waals surface area (Å²) < 4.78 is 5.21. The molecule has 0 spiro atoms. The van der Waals surface area contributed by atoms with Crippen LogP contribution in [0.4, 0.5) is 17.1 Å². The van der Waals surface area contributed by atoms with E-state index in [0.717, 1.165) is 11.6 Å². The Kier molecular flexibility index (Phi) is 6.82. The number of rotatable bonds is 6. The minimum atomic E-state index is -0.790. The lowest BCUT2D eigenvalue weighted by atomic mass is 10.2. The summed E-state index contributed by atoms with van der Waals surface area (Å²) in [5.74, 6) is -0.367. The molecule has 28 heavy (non-hydrogen) atoms. The maximum absolute atomic E-state index is 12.4. The Hall–Kier alpha value is -3.28. The van der Waals surface area contributed by atoms with E-state index in [1.807, 2.05) is 0 Å². The molecule has 0 unspecified atom stereocenters. The third-order valence-corrected chi connectivity index (χ3v) is 4.36. The van der Waals surface area contributed by atoms with Gasteiger partial charge in [-0.15, -0.1) is 0 Å².